The van der Waals surface area contributed by atoms with Gasteiger partial charge < -0.3 is 14.0 Å². The highest BCUT2D eigenvalue weighted by Crippen LogP contribution is 2.34. The topological polar surface area (TPSA) is 110 Å². The fourth-order valence-electron chi connectivity index (χ4n) is 4.28. The Labute approximate surface area is 226 Å². The highest BCUT2D eigenvalue weighted by molar-refractivity contribution is 5.78. The molecule has 0 bridgehead atoms. The van der Waals surface area contributed by atoms with E-state index in [4.69, 9.17) is 9.47 Å². The molecule has 5 rings (SSSR count). The largest absolute Gasteiger partial charge is 0.480 e. The molecule has 40 heavy (non-hydrogen) atoms. The van der Waals surface area contributed by atoms with Gasteiger partial charge in [-0.25, -0.2) is 24.9 Å². The Bertz CT molecular complexity index is 1720. The lowest BCUT2D eigenvalue weighted by atomic mass is 10.1. The van der Waals surface area contributed by atoms with Crippen molar-refractivity contribution in [3.05, 3.63) is 76.7 Å². The molecule has 0 aliphatic carbocycles. The summed E-state index contributed by atoms with van der Waals surface area (Å²) in [5.74, 6) is 0.833. The van der Waals surface area contributed by atoms with E-state index in [1.807, 2.05) is 0 Å². The lowest BCUT2D eigenvalue weighted by Crippen LogP contribution is -2.21. The smallest absolute Gasteiger partial charge is 0.434 e. The highest BCUT2D eigenvalue weighted by Gasteiger charge is 2.35. The number of imidazole rings is 1. The Balaban J connectivity index is 1.54. The zero-order valence-electron chi connectivity index (χ0n) is 22.0. The molecule has 0 atom stereocenters. The molecule has 0 radical (unpaired) electrons. The Morgan fingerprint density at radius 2 is 1.60 bits per heavy atom. The van der Waals surface area contributed by atoms with Crippen LogP contribution in [0.4, 0.5) is 13.2 Å². The van der Waals surface area contributed by atoms with E-state index in [2.05, 4.69) is 24.9 Å². The van der Waals surface area contributed by atoms with E-state index >= 15 is 0 Å². The zero-order chi connectivity index (χ0) is 28.6. The Hall–Kier alpha value is -4.81. The first-order chi connectivity index (χ1) is 19.1. The van der Waals surface area contributed by atoms with Crippen molar-refractivity contribution in [2.24, 2.45) is 0 Å². The Morgan fingerprint density at radius 1 is 0.925 bits per heavy atom. The van der Waals surface area contributed by atoms with E-state index in [0.717, 1.165) is 11.8 Å². The minimum absolute atomic E-state index is 0.152. The first-order valence-corrected chi connectivity index (χ1v) is 12.2. The number of rotatable bonds is 7. The molecule has 0 N–H and O–H groups in total. The molecule has 10 nitrogen and oxygen atoms in total. The van der Waals surface area contributed by atoms with Crippen LogP contribution in [0.15, 0.2) is 59.9 Å². The lowest BCUT2D eigenvalue weighted by molar-refractivity contribution is -0.140. The first-order valence-electron chi connectivity index (χ1n) is 12.2. The van der Waals surface area contributed by atoms with Crippen molar-refractivity contribution in [2.45, 2.75) is 32.6 Å². The number of pyridine rings is 1. The third-order valence-corrected chi connectivity index (χ3v) is 6.24. The second-order valence-corrected chi connectivity index (χ2v) is 9.14. The van der Waals surface area contributed by atoms with Gasteiger partial charge in [0.15, 0.2) is 11.5 Å². The molecule has 0 aliphatic heterocycles. The number of aromatic nitrogens is 7. The zero-order valence-corrected chi connectivity index (χ0v) is 22.0. The molecule has 1 aromatic carbocycles. The summed E-state index contributed by atoms with van der Waals surface area (Å²) in [5.41, 5.74) is 0.700. The monoisotopic (exact) mass is 551 g/mol. The van der Waals surface area contributed by atoms with E-state index < -0.39 is 11.9 Å². The maximum atomic E-state index is 13.3. The molecule has 0 amide bonds. The molecule has 0 fully saturated rings. The third-order valence-electron chi connectivity index (χ3n) is 6.24. The quantitative estimate of drug-likeness (QED) is 0.284. The molecule has 0 spiro atoms. The van der Waals surface area contributed by atoms with E-state index in [1.54, 1.807) is 50.4 Å². The predicted octanol–water partition coefficient (Wildman–Crippen LogP) is 4.78. The van der Waals surface area contributed by atoms with Crippen LogP contribution in [0, 0.1) is 0 Å². The summed E-state index contributed by atoms with van der Waals surface area (Å²) in [4.78, 5) is 34.0. The van der Waals surface area contributed by atoms with Crippen molar-refractivity contribution in [3.63, 3.8) is 0 Å². The fourth-order valence-corrected chi connectivity index (χ4v) is 4.28. The molecule has 0 saturated heterocycles. The summed E-state index contributed by atoms with van der Waals surface area (Å²) in [5, 5.41) is 0.619. The number of ether oxygens (including phenoxy) is 2. The van der Waals surface area contributed by atoms with Crippen molar-refractivity contribution in [2.75, 3.05) is 14.2 Å². The van der Waals surface area contributed by atoms with Crippen LogP contribution in [-0.4, -0.2) is 48.3 Å². The summed E-state index contributed by atoms with van der Waals surface area (Å²) < 4.78 is 53.6. The van der Waals surface area contributed by atoms with Crippen LogP contribution in [0.2, 0.25) is 0 Å². The molecule has 13 heteroatoms. The van der Waals surface area contributed by atoms with Gasteiger partial charge in [-0.1, -0.05) is 24.3 Å². The summed E-state index contributed by atoms with van der Waals surface area (Å²) in [6.45, 7) is 3.73. The number of nitrogens with zero attached hydrogens (tertiary/aromatic N) is 7. The number of hydrogen-bond donors (Lipinski definition) is 0. The van der Waals surface area contributed by atoms with Crippen molar-refractivity contribution in [1.82, 2.24) is 34.1 Å². The van der Waals surface area contributed by atoms with Gasteiger partial charge in [0.05, 0.1) is 20.8 Å². The van der Waals surface area contributed by atoms with E-state index in [1.165, 1.54) is 35.7 Å². The van der Waals surface area contributed by atoms with Crippen molar-refractivity contribution < 1.29 is 22.6 Å². The average Bonchev–Trinajstić information content (AvgIpc) is 3.41. The molecule has 4 heterocycles. The molecular formula is C27H24F3N7O3. The summed E-state index contributed by atoms with van der Waals surface area (Å²) in [6.07, 6.45) is -0.667. The van der Waals surface area contributed by atoms with Gasteiger partial charge in [-0.05, 0) is 25.5 Å². The fraction of sp³-hybridized carbons (Fsp3) is 0.259. The second kappa shape index (κ2) is 10.4. The Kier molecular flexibility index (Phi) is 6.96. The van der Waals surface area contributed by atoms with Crippen LogP contribution in [0.3, 0.4) is 0 Å². The third kappa shape index (κ3) is 4.97. The number of benzene rings is 1. The van der Waals surface area contributed by atoms with Crippen LogP contribution in [0.5, 0.6) is 11.8 Å². The Morgan fingerprint density at radius 3 is 2.20 bits per heavy atom. The van der Waals surface area contributed by atoms with Crippen molar-refractivity contribution in [3.8, 4) is 34.5 Å². The molecule has 4 aromatic heterocycles. The first kappa shape index (κ1) is 26.8. The van der Waals surface area contributed by atoms with Crippen molar-refractivity contribution >= 4 is 11.0 Å². The van der Waals surface area contributed by atoms with E-state index in [9.17, 15) is 18.0 Å². The van der Waals surface area contributed by atoms with Crippen LogP contribution >= 0.6 is 0 Å². The van der Waals surface area contributed by atoms with Gasteiger partial charge in [0.2, 0.25) is 11.8 Å². The maximum absolute atomic E-state index is 13.3. The van der Waals surface area contributed by atoms with E-state index in [-0.39, 0.29) is 41.6 Å². The minimum atomic E-state index is -4.55. The number of alkyl halides is 3. The summed E-state index contributed by atoms with van der Waals surface area (Å²) >= 11 is 0. The van der Waals surface area contributed by atoms with Gasteiger partial charge >= 0.3 is 6.18 Å². The number of hydrogen-bond acceptors (Lipinski definition) is 8. The number of methoxy groups -OCH3 is 2. The molecular weight excluding hydrogens is 527 g/mol. The number of halogens is 3. The van der Waals surface area contributed by atoms with Crippen molar-refractivity contribution in [1.29, 1.82) is 0 Å². The van der Waals surface area contributed by atoms with E-state index in [0.29, 0.717) is 22.2 Å². The van der Waals surface area contributed by atoms with Gasteiger partial charge in [-0.3, -0.25) is 9.36 Å². The SMILES string of the molecule is COc1ncnc(OC)c1-c1ncc2ccc(=O)n(Cc3ccc(-c4nc(C(F)(F)F)cn4C(C)C)cc3)c2n1. The molecule has 0 aliphatic rings. The summed E-state index contributed by atoms with van der Waals surface area (Å²) in [6, 6.07) is 9.67. The molecule has 206 valence electrons. The van der Waals surface area contributed by atoms with Crippen LogP contribution in [0.1, 0.15) is 31.1 Å². The van der Waals surface area contributed by atoms with Crippen LogP contribution in [0.25, 0.3) is 33.8 Å². The number of fused-ring (bicyclic) bond motifs is 1. The van der Waals surface area contributed by atoms with Crippen LogP contribution < -0.4 is 15.0 Å². The van der Waals surface area contributed by atoms with Gasteiger partial charge in [0, 0.05) is 35.5 Å². The molecule has 0 unspecified atom stereocenters. The second-order valence-electron chi connectivity index (χ2n) is 9.14. The predicted molar refractivity (Wildman–Crippen MR) is 140 cm³/mol. The highest BCUT2D eigenvalue weighted by atomic mass is 19.4. The van der Waals surface area contributed by atoms with Gasteiger partial charge in [-0.2, -0.15) is 13.2 Å². The maximum Gasteiger partial charge on any atom is 0.434 e. The standard InChI is InChI=1S/C27H24F3N7O3/c1-15(2)36-13-19(27(28,29)30)34-23(36)17-7-5-16(6-8-17)12-37-20(38)10-9-18-11-31-22(35-24(18)37)21-25(39-3)32-14-33-26(21)40-4/h5-11,13-15H,12H2,1-4H3. The molecule has 5 aromatic rings. The molecule has 0 saturated carbocycles. The van der Waals surface area contributed by atoms with Gasteiger partial charge in [0.25, 0.3) is 5.56 Å². The van der Waals surface area contributed by atoms with Gasteiger partial charge in [-0.15, -0.1) is 0 Å². The minimum Gasteiger partial charge on any atom is -0.480 e. The van der Waals surface area contributed by atoms with Gasteiger partial charge in [0.1, 0.15) is 23.4 Å². The average molecular weight is 552 g/mol. The normalized spacial score (nSPS) is 11.8. The lowest BCUT2D eigenvalue weighted by Gasteiger charge is -2.13. The van der Waals surface area contributed by atoms with Crippen LogP contribution in [-0.2, 0) is 12.7 Å². The summed E-state index contributed by atoms with van der Waals surface area (Å²) in [7, 11) is 2.90.